The molecule has 1 saturated carbocycles. The van der Waals surface area contributed by atoms with Gasteiger partial charge in [-0.1, -0.05) is 25.3 Å². The molecule has 2 aromatic rings. The van der Waals surface area contributed by atoms with Gasteiger partial charge in [-0.25, -0.2) is 4.68 Å². The first kappa shape index (κ1) is 22.6. The molecule has 3 rings (SSSR count). The van der Waals surface area contributed by atoms with Crippen molar-refractivity contribution in [2.24, 2.45) is 0 Å². The number of aromatic nitrogens is 3. The van der Waals surface area contributed by atoms with Crippen LogP contribution in [0.5, 0.6) is 11.5 Å². The Morgan fingerprint density at radius 2 is 1.87 bits per heavy atom. The van der Waals surface area contributed by atoms with Crippen molar-refractivity contribution in [1.29, 1.82) is 0 Å². The Bertz CT molecular complexity index is 928. The third kappa shape index (κ3) is 4.95. The second-order valence-electron chi connectivity index (χ2n) is 8.16. The maximum absolute atomic E-state index is 5.78. The lowest BCUT2D eigenvalue weighted by molar-refractivity contribution is 0.242. The van der Waals surface area contributed by atoms with E-state index in [0.717, 1.165) is 28.6 Å². The van der Waals surface area contributed by atoms with E-state index >= 15 is 0 Å². The average molecular weight is 431 g/mol. The van der Waals surface area contributed by atoms with Crippen LogP contribution in [0, 0.1) is 11.7 Å². The molecule has 164 valence electrons. The Balaban J connectivity index is 1.80. The molecule has 1 aromatic carbocycles. The zero-order valence-corrected chi connectivity index (χ0v) is 19.5. The lowest BCUT2D eigenvalue weighted by atomic mass is 9.89. The van der Waals surface area contributed by atoms with E-state index in [-0.39, 0.29) is 0 Å². The van der Waals surface area contributed by atoms with Crippen molar-refractivity contribution in [2.75, 3.05) is 21.3 Å². The van der Waals surface area contributed by atoms with E-state index in [2.05, 4.69) is 30.0 Å². The number of methoxy groups -OCH3 is 2. The predicted octanol–water partition coefficient (Wildman–Crippen LogP) is 5.06. The summed E-state index contributed by atoms with van der Waals surface area (Å²) in [4.78, 5) is 2.22. The van der Waals surface area contributed by atoms with Gasteiger partial charge in [0.25, 0.3) is 0 Å². The largest absolute Gasteiger partial charge is 0.493 e. The highest BCUT2D eigenvalue weighted by molar-refractivity contribution is 7.71. The van der Waals surface area contributed by atoms with Crippen LogP contribution in [-0.2, 0) is 19.8 Å². The van der Waals surface area contributed by atoms with Crippen LogP contribution in [0.25, 0.3) is 0 Å². The topological polar surface area (TPSA) is 44.5 Å². The van der Waals surface area contributed by atoms with Crippen LogP contribution in [0.15, 0.2) is 24.8 Å². The van der Waals surface area contributed by atoms with E-state index < -0.39 is 0 Å². The number of hydrogen-bond donors (Lipinski definition) is 0. The molecular weight excluding hydrogens is 396 g/mol. The Morgan fingerprint density at radius 3 is 2.50 bits per heavy atom. The highest BCUT2D eigenvalue weighted by atomic mass is 32.1. The maximum Gasteiger partial charge on any atom is 0.199 e. The van der Waals surface area contributed by atoms with Crippen LogP contribution in [0.4, 0.5) is 0 Å². The second-order valence-corrected chi connectivity index (χ2v) is 8.53. The number of benzene rings is 1. The zero-order valence-electron chi connectivity index (χ0n) is 18.7. The number of allylic oxidation sites excluding steroid dienone is 1. The van der Waals surface area contributed by atoms with Crippen molar-refractivity contribution in [1.82, 2.24) is 19.2 Å². The molecule has 1 fully saturated rings. The monoisotopic (exact) mass is 430 g/mol. The molecule has 0 aliphatic heterocycles. The summed E-state index contributed by atoms with van der Waals surface area (Å²) < 4.78 is 15.8. The van der Waals surface area contributed by atoms with Crippen molar-refractivity contribution in [3.05, 3.63) is 46.5 Å². The van der Waals surface area contributed by atoms with Gasteiger partial charge < -0.3 is 9.47 Å². The molecule has 1 heterocycles. The molecule has 0 radical (unpaired) electrons. The molecule has 0 bridgehead atoms. The fourth-order valence-electron chi connectivity index (χ4n) is 4.28. The molecule has 0 saturated heterocycles. The minimum Gasteiger partial charge on any atom is -0.493 e. The molecule has 1 aromatic heterocycles. The van der Waals surface area contributed by atoms with Gasteiger partial charge in [0.1, 0.15) is 5.82 Å². The average Bonchev–Trinajstić information content (AvgIpc) is 3.05. The molecule has 7 heteroatoms. The molecule has 1 aliphatic carbocycles. The fourth-order valence-corrected chi connectivity index (χ4v) is 4.54. The molecule has 1 aliphatic rings. The van der Waals surface area contributed by atoms with E-state index in [0.29, 0.717) is 19.1 Å². The fraction of sp³-hybridized carbons (Fsp3) is 0.565. The predicted molar refractivity (Wildman–Crippen MR) is 123 cm³/mol. The molecule has 0 spiro atoms. The summed E-state index contributed by atoms with van der Waals surface area (Å²) in [5.41, 5.74) is 2.36. The summed E-state index contributed by atoms with van der Waals surface area (Å²) in [5, 5.41) is 4.96. The smallest absolute Gasteiger partial charge is 0.199 e. The number of rotatable bonds is 9. The molecule has 6 nitrogen and oxygen atoms in total. The first-order valence-electron chi connectivity index (χ1n) is 10.7. The van der Waals surface area contributed by atoms with Crippen LogP contribution in [0.2, 0.25) is 0 Å². The number of ether oxygens (including phenoxy) is 2. The van der Waals surface area contributed by atoms with Crippen LogP contribution in [0.3, 0.4) is 0 Å². The van der Waals surface area contributed by atoms with Crippen molar-refractivity contribution in [2.45, 2.75) is 64.7 Å². The Hall–Kier alpha value is -2.12. The number of hydrogen-bond acceptors (Lipinski definition) is 5. The summed E-state index contributed by atoms with van der Waals surface area (Å²) in [6.45, 7) is 8.12. The summed E-state index contributed by atoms with van der Waals surface area (Å²) >= 11 is 5.78. The molecule has 0 unspecified atom stereocenters. The quantitative estimate of drug-likeness (QED) is 0.411. The highest BCUT2D eigenvalue weighted by Crippen LogP contribution is 2.32. The molecule has 0 atom stereocenters. The minimum atomic E-state index is 0.500. The van der Waals surface area contributed by atoms with Gasteiger partial charge in [-0.15, -0.1) is 6.58 Å². The maximum atomic E-state index is 5.78. The Morgan fingerprint density at radius 1 is 1.20 bits per heavy atom. The van der Waals surface area contributed by atoms with Gasteiger partial charge in [0, 0.05) is 19.0 Å². The van der Waals surface area contributed by atoms with E-state index in [1.165, 1.54) is 43.2 Å². The van der Waals surface area contributed by atoms with Gasteiger partial charge in [0.05, 0.1) is 20.9 Å². The number of nitrogens with zero attached hydrogens (tertiary/aromatic N) is 4. The first-order valence-corrected chi connectivity index (χ1v) is 11.1. The van der Waals surface area contributed by atoms with E-state index in [4.69, 9.17) is 26.8 Å². The summed E-state index contributed by atoms with van der Waals surface area (Å²) in [6.07, 6.45) is 8.18. The van der Waals surface area contributed by atoms with Gasteiger partial charge in [-0.3, -0.25) is 9.47 Å². The van der Waals surface area contributed by atoms with Gasteiger partial charge in [-0.05, 0) is 62.3 Å². The van der Waals surface area contributed by atoms with Crippen molar-refractivity contribution in [3.63, 3.8) is 0 Å². The van der Waals surface area contributed by atoms with Crippen LogP contribution in [0.1, 0.15) is 55.0 Å². The Kier molecular flexibility index (Phi) is 7.72. The summed E-state index contributed by atoms with van der Waals surface area (Å²) in [7, 11) is 5.41. The molecule has 30 heavy (non-hydrogen) atoms. The van der Waals surface area contributed by atoms with Crippen LogP contribution < -0.4 is 9.47 Å². The lowest BCUT2D eigenvalue weighted by Gasteiger charge is -2.21. The van der Waals surface area contributed by atoms with Gasteiger partial charge >= 0.3 is 0 Å². The van der Waals surface area contributed by atoms with Crippen molar-refractivity contribution < 1.29 is 9.47 Å². The second kappa shape index (κ2) is 10.3. The van der Waals surface area contributed by atoms with E-state index in [9.17, 15) is 0 Å². The Labute approximate surface area is 185 Å². The van der Waals surface area contributed by atoms with Gasteiger partial charge in [0.2, 0.25) is 0 Å². The van der Waals surface area contributed by atoms with E-state index in [1.807, 2.05) is 22.9 Å². The van der Waals surface area contributed by atoms with Gasteiger partial charge in [-0.2, -0.15) is 5.10 Å². The third-order valence-electron chi connectivity index (χ3n) is 5.89. The third-order valence-corrected chi connectivity index (χ3v) is 6.32. The molecule has 0 N–H and O–H groups in total. The van der Waals surface area contributed by atoms with Crippen molar-refractivity contribution in [3.8, 4) is 11.5 Å². The summed E-state index contributed by atoms with van der Waals surface area (Å²) in [5.74, 6) is 3.12. The standard InChI is InChI=1S/C23H34N4O2S/c1-6-12-26-22(18-10-8-7-9-11-18)24-27(23(26)30)16-25(3)15-19-14-21(29-5)20(28-4)13-17(19)2/h6,13-14,18H,1,7-12,15-16H2,2-5H3. The van der Waals surface area contributed by atoms with Crippen molar-refractivity contribution >= 4 is 12.2 Å². The lowest BCUT2D eigenvalue weighted by Crippen LogP contribution is -2.23. The highest BCUT2D eigenvalue weighted by Gasteiger charge is 2.23. The number of aryl methyl sites for hydroxylation is 1. The SMILES string of the molecule is C=CCn1c(C2CCCCC2)nn(CN(C)Cc2cc(OC)c(OC)cc2C)c1=S. The minimum absolute atomic E-state index is 0.500. The van der Waals surface area contributed by atoms with Crippen LogP contribution >= 0.6 is 12.2 Å². The zero-order chi connectivity index (χ0) is 21.7. The summed E-state index contributed by atoms with van der Waals surface area (Å²) in [6, 6.07) is 4.07. The van der Waals surface area contributed by atoms with Crippen LogP contribution in [-0.4, -0.2) is 40.5 Å². The molecule has 0 amide bonds. The first-order chi connectivity index (χ1) is 14.5. The normalized spacial score (nSPS) is 14.8. The van der Waals surface area contributed by atoms with Gasteiger partial charge in [0.15, 0.2) is 16.3 Å². The van der Waals surface area contributed by atoms with E-state index in [1.54, 1.807) is 14.2 Å². The molecular formula is C23H34N4O2S.